The first-order chi connectivity index (χ1) is 6.28. The van der Waals surface area contributed by atoms with Gasteiger partial charge in [-0.05, 0) is 5.92 Å². The normalized spacial score (nSPS) is 11.2. The van der Waals surface area contributed by atoms with Crippen LogP contribution in [0.2, 0.25) is 0 Å². The first kappa shape index (κ1) is 12.7. The van der Waals surface area contributed by atoms with Gasteiger partial charge in [0.05, 0.1) is 6.61 Å². The lowest BCUT2D eigenvalue weighted by molar-refractivity contribution is 0.184. The van der Waals surface area contributed by atoms with Gasteiger partial charge in [-0.15, -0.1) is 6.58 Å². The Labute approximate surface area is 82.3 Å². The van der Waals surface area contributed by atoms with Crippen molar-refractivity contribution in [2.45, 2.75) is 26.7 Å². The molecule has 0 aromatic heterocycles. The minimum atomic E-state index is 0.244. The monoisotopic (exact) mass is 185 g/mol. The van der Waals surface area contributed by atoms with E-state index in [0.717, 1.165) is 25.6 Å². The first-order valence-electron chi connectivity index (χ1n) is 5.22. The lowest BCUT2D eigenvalue weighted by Crippen LogP contribution is -2.32. The molecule has 0 aromatic rings. The standard InChI is InChI=1S/C11H23NO/c1-4-7-12(8-9-13)10-11(5-2)6-3/h4,11,13H,1,5-10H2,2-3H3. The van der Waals surface area contributed by atoms with Crippen molar-refractivity contribution >= 4 is 0 Å². The lowest BCUT2D eigenvalue weighted by Gasteiger charge is -2.24. The molecule has 0 aliphatic carbocycles. The molecule has 0 saturated carbocycles. The summed E-state index contributed by atoms with van der Waals surface area (Å²) in [6.45, 7) is 11.1. The van der Waals surface area contributed by atoms with Crippen LogP contribution in [-0.4, -0.2) is 36.2 Å². The fourth-order valence-electron chi connectivity index (χ4n) is 1.49. The van der Waals surface area contributed by atoms with Crippen LogP contribution in [0.1, 0.15) is 26.7 Å². The molecule has 0 aliphatic rings. The third kappa shape index (κ3) is 5.83. The van der Waals surface area contributed by atoms with E-state index in [-0.39, 0.29) is 6.61 Å². The van der Waals surface area contributed by atoms with E-state index in [1.54, 1.807) is 0 Å². The predicted octanol–water partition coefficient (Wildman–Crippen LogP) is 1.90. The highest BCUT2D eigenvalue weighted by Gasteiger charge is 2.08. The Hall–Kier alpha value is -0.340. The molecule has 0 bridgehead atoms. The second-order valence-electron chi connectivity index (χ2n) is 3.45. The van der Waals surface area contributed by atoms with Crippen molar-refractivity contribution in [3.05, 3.63) is 12.7 Å². The Morgan fingerprint density at radius 1 is 1.38 bits per heavy atom. The van der Waals surface area contributed by atoms with Gasteiger partial charge < -0.3 is 5.11 Å². The van der Waals surface area contributed by atoms with Gasteiger partial charge in [0, 0.05) is 19.6 Å². The van der Waals surface area contributed by atoms with Crippen LogP contribution in [0.3, 0.4) is 0 Å². The van der Waals surface area contributed by atoms with E-state index in [1.165, 1.54) is 12.8 Å². The van der Waals surface area contributed by atoms with Crippen LogP contribution in [0.25, 0.3) is 0 Å². The number of aliphatic hydroxyl groups excluding tert-OH is 1. The van der Waals surface area contributed by atoms with E-state index in [1.807, 2.05) is 6.08 Å². The second-order valence-corrected chi connectivity index (χ2v) is 3.45. The summed E-state index contributed by atoms with van der Waals surface area (Å²) in [5, 5.41) is 8.85. The fraction of sp³-hybridized carbons (Fsp3) is 0.818. The van der Waals surface area contributed by atoms with E-state index in [2.05, 4.69) is 25.3 Å². The largest absolute Gasteiger partial charge is 0.395 e. The molecular weight excluding hydrogens is 162 g/mol. The highest BCUT2D eigenvalue weighted by atomic mass is 16.3. The molecule has 1 N–H and O–H groups in total. The molecule has 2 heteroatoms. The average molecular weight is 185 g/mol. The Bertz CT molecular complexity index is 121. The van der Waals surface area contributed by atoms with Crippen LogP contribution < -0.4 is 0 Å². The Morgan fingerprint density at radius 3 is 2.38 bits per heavy atom. The Balaban J connectivity index is 3.82. The average Bonchev–Trinajstić information content (AvgIpc) is 2.14. The zero-order valence-electron chi connectivity index (χ0n) is 9.00. The van der Waals surface area contributed by atoms with Gasteiger partial charge >= 0.3 is 0 Å². The molecule has 0 saturated heterocycles. The Kier molecular flexibility index (Phi) is 8.05. The zero-order chi connectivity index (χ0) is 10.1. The van der Waals surface area contributed by atoms with Crippen molar-refractivity contribution in [1.29, 1.82) is 0 Å². The summed E-state index contributed by atoms with van der Waals surface area (Å²) in [7, 11) is 0. The number of hydrogen-bond donors (Lipinski definition) is 1. The summed E-state index contributed by atoms with van der Waals surface area (Å²) in [4.78, 5) is 2.25. The summed E-state index contributed by atoms with van der Waals surface area (Å²) < 4.78 is 0. The molecule has 2 nitrogen and oxygen atoms in total. The van der Waals surface area contributed by atoms with Gasteiger partial charge in [0.15, 0.2) is 0 Å². The quantitative estimate of drug-likeness (QED) is 0.584. The van der Waals surface area contributed by atoms with Crippen LogP contribution in [-0.2, 0) is 0 Å². The molecule has 78 valence electrons. The summed E-state index contributed by atoms with van der Waals surface area (Å²) in [5.74, 6) is 0.756. The Morgan fingerprint density at radius 2 is 2.00 bits per heavy atom. The maximum atomic E-state index is 8.85. The van der Waals surface area contributed by atoms with Crippen molar-refractivity contribution in [2.24, 2.45) is 5.92 Å². The molecule has 0 spiro atoms. The molecule has 0 fully saturated rings. The second kappa shape index (κ2) is 8.27. The SMILES string of the molecule is C=CCN(CCO)CC(CC)CC. The number of hydrogen-bond acceptors (Lipinski definition) is 2. The van der Waals surface area contributed by atoms with Crippen molar-refractivity contribution in [3.63, 3.8) is 0 Å². The van der Waals surface area contributed by atoms with Crippen molar-refractivity contribution < 1.29 is 5.11 Å². The highest BCUT2D eigenvalue weighted by molar-refractivity contribution is 4.74. The zero-order valence-corrected chi connectivity index (χ0v) is 9.00. The minimum absolute atomic E-state index is 0.244. The maximum absolute atomic E-state index is 8.85. The summed E-state index contributed by atoms with van der Waals surface area (Å²) in [5.41, 5.74) is 0. The summed E-state index contributed by atoms with van der Waals surface area (Å²) >= 11 is 0. The molecule has 0 aliphatic heterocycles. The van der Waals surface area contributed by atoms with Gasteiger partial charge in [-0.1, -0.05) is 32.8 Å². The summed E-state index contributed by atoms with van der Waals surface area (Å²) in [6.07, 6.45) is 4.34. The summed E-state index contributed by atoms with van der Waals surface area (Å²) in [6, 6.07) is 0. The fourth-order valence-corrected chi connectivity index (χ4v) is 1.49. The number of aliphatic hydroxyl groups is 1. The molecule has 0 rings (SSSR count). The third-order valence-corrected chi connectivity index (χ3v) is 2.47. The van der Waals surface area contributed by atoms with E-state index in [4.69, 9.17) is 5.11 Å². The van der Waals surface area contributed by atoms with E-state index < -0.39 is 0 Å². The maximum Gasteiger partial charge on any atom is 0.0558 e. The van der Waals surface area contributed by atoms with E-state index in [9.17, 15) is 0 Å². The number of rotatable bonds is 8. The molecule has 0 atom stereocenters. The molecule has 0 amide bonds. The van der Waals surface area contributed by atoms with Crippen molar-refractivity contribution in [2.75, 3.05) is 26.2 Å². The molecule has 0 radical (unpaired) electrons. The molecular formula is C11H23NO. The van der Waals surface area contributed by atoms with Crippen LogP contribution in [0.4, 0.5) is 0 Å². The molecule has 0 aromatic carbocycles. The third-order valence-electron chi connectivity index (χ3n) is 2.47. The van der Waals surface area contributed by atoms with Crippen LogP contribution in [0.15, 0.2) is 12.7 Å². The van der Waals surface area contributed by atoms with Crippen molar-refractivity contribution in [1.82, 2.24) is 4.90 Å². The van der Waals surface area contributed by atoms with Crippen LogP contribution >= 0.6 is 0 Å². The van der Waals surface area contributed by atoms with Gasteiger partial charge in [0.2, 0.25) is 0 Å². The van der Waals surface area contributed by atoms with Crippen molar-refractivity contribution in [3.8, 4) is 0 Å². The van der Waals surface area contributed by atoms with Gasteiger partial charge in [-0.25, -0.2) is 0 Å². The van der Waals surface area contributed by atoms with Gasteiger partial charge in [0.25, 0.3) is 0 Å². The molecule has 0 unspecified atom stereocenters. The van der Waals surface area contributed by atoms with Crippen LogP contribution in [0, 0.1) is 5.92 Å². The molecule has 13 heavy (non-hydrogen) atoms. The smallest absolute Gasteiger partial charge is 0.0558 e. The predicted molar refractivity (Wildman–Crippen MR) is 57.8 cm³/mol. The van der Waals surface area contributed by atoms with Crippen LogP contribution in [0.5, 0.6) is 0 Å². The van der Waals surface area contributed by atoms with Gasteiger partial charge in [-0.3, -0.25) is 4.90 Å². The minimum Gasteiger partial charge on any atom is -0.395 e. The number of nitrogens with zero attached hydrogens (tertiary/aromatic N) is 1. The lowest BCUT2D eigenvalue weighted by atomic mass is 10.0. The van der Waals surface area contributed by atoms with Gasteiger partial charge in [0.1, 0.15) is 0 Å². The molecule has 0 heterocycles. The first-order valence-corrected chi connectivity index (χ1v) is 5.22. The topological polar surface area (TPSA) is 23.5 Å². The van der Waals surface area contributed by atoms with E-state index in [0.29, 0.717) is 0 Å². The van der Waals surface area contributed by atoms with Gasteiger partial charge in [-0.2, -0.15) is 0 Å². The van der Waals surface area contributed by atoms with E-state index >= 15 is 0 Å². The highest BCUT2D eigenvalue weighted by Crippen LogP contribution is 2.09.